The molecule has 0 aliphatic rings. The third kappa shape index (κ3) is 3.55. The van der Waals surface area contributed by atoms with Gasteiger partial charge in [-0.1, -0.05) is 39.7 Å². The van der Waals surface area contributed by atoms with Gasteiger partial charge in [0.05, 0.1) is 4.34 Å². The van der Waals surface area contributed by atoms with E-state index in [2.05, 4.69) is 46.3 Å². The van der Waals surface area contributed by atoms with Crippen molar-refractivity contribution in [1.82, 2.24) is 0 Å². The lowest BCUT2D eigenvalue weighted by atomic mass is 9.95. The Morgan fingerprint density at radius 2 is 1.88 bits per heavy atom. The van der Waals surface area contributed by atoms with Crippen LogP contribution in [-0.4, -0.2) is 6.54 Å². The minimum Gasteiger partial charge on any atom is -0.330 e. The maximum absolute atomic E-state index is 5.93. The van der Waals surface area contributed by atoms with Crippen LogP contribution in [-0.2, 0) is 6.42 Å². The number of benzene rings is 1. The number of nitrogens with two attached hydrogens (primary N) is 1. The molecule has 4 heteroatoms. The Morgan fingerprint density at radius 1 is 1.18 bits per heavy atom. The molecule has 1 heterocycles. The minimum absolute atomic E-state index is 0.359. The molecule has 0 amide bonds. The van der Waals surface area contributed by atoms with Crippen LogP contribution < -0.4 is 5.73 Å². The second-order valence-electron chi connectivity index (χ2n) is 3.89. The van der Waals surface area contributed by atoms with E-state index in [0.717, 1.165) is 15.2 Å². The third-order valence-corrected chi connectivity index (χ3v) is 4.48. The lowest BCUT2D eigenvalue weighted by molar-refractivity contribution is 0.701. The molecule has 1 aromatic carbocycles. The van der Waals surface area contributed by atoms with Crippen LogP contribution in [0.3, 0.4) is 0 Å². The van der Waals surface area contributed by atoms with Gasteiger partial charge in [-0.15, -0.1) is 11.3 Å². The summed E-state index contributed by atoms with van der Waals surface area (Å²) in [6, 6.07) is 12.4. The van der Waals surface area contributed by atoms with E-state index in [9.17, 15) is 0 Å². The molecule has 90 valence electrons. The molecule has 1 aromatic heterocycles. The molecule has 17 heavy (non-hydrogen) atoms. The molecule has 2 aromatic rings. The lowest BCUT2D eigenvalue weighted by Gasteiger charge is -2.14. The maximum atomic E-state index is 5.93. The largest absolute Gasteiger partial charge is 0.330 e. The van der Waals surface area contributed by atoms with E-state index in [1.54, 1.807) is 11.3 Å². The molecule has 0 radical (unpaired) electrons. The van der Waals surface area contributed by atoms with Crippen molar-refractivity contribution >= 4 is 38.9 Å². The molecular weight excluding hydrogens is 318 g/mol. The molecule has 2 N–H and O–H groups in total. The van der Waals surface area contributed by atoms with Gasteiger partial charge in [0.1, 0.15) is 0 Å². The molecule has 0 bridgehead atoms. The summed E-state index contributed by atoms with van der Waals surface area (Å²) in [7, 11) is 0. The molecular formula is C13H13BrClNS. The average Bonchev–Trinajstić information content (AvgIpc) is 2.73. The highest BCUT2D eigenvalue weighted by Crippen LogP contribution is 2.27. The predicted molar refractivity (Wildman–Crippen MR) is 79.0 cm³/mol. The minimum atomic E-state index is 0.359. The Hall–Kier alpha value is -0.350. The Morgan fingerprint density at radius 3 is 2.41 bits per heavy atom. The Kier molecular flexibility index (Phi) is 4.62. The first-order chi connectivity index (χ1) is 8.19. The van der Waals surface area contributed by atoms with Crippen molar-refractivity contribution in [3.63, 3.8) is 0 Å². The van der Waals surface area contributed by atoms with Crippen LogP contribution in [0.5, 0.6) is 0 Å². The van der Waals surface area contributed by atoms with E-state index < -0.39 is 0 Å². The average molecular weight is 331 g/mol. The summed E-state index contributed by atoms with van der Waals surface area (Å²) in [6.07, 6.45) is 0.954. The summed E-state index contributed by atoms with van der Waals surface area (Å²) in [5, 5.41) is 0. The van der Waals surface area contributed by atoms with E-state index in [0.29, 0.717) is 12.5 Å². The summed E-state index contributed by atoms with van der Waals surface area (Å²) in [6.45, 7) is 0.650. The molecule has 0 spiro atoms. The number of hydrogen-bond acceptors (Lipinski definition) is 2. The van der Waals surface area contributed by atoms with Crippen LogP contribution in [0.2, 0.25) is 4.34 Å². The first-order valence-corrected chi connectivity index (χ1v) is 7.37. The summed E-state index contributed by atoms with van der Waals surface area (Å²) < 4.78 is 1.93. The summed E-state index contributed by atoms with van der Waals surface area (Å²) in [5.74, 6) is 0.359. The lowest BCUT2D eigenvalue weighted by Crippen LogP contribution is -2.14. The van der Waals surface area contributed by atoms with Gasteiger partial charge < -0.3 is 5.73 Å². The van der Waals surface area contributed by atoms with Crippen molar-refractivity contribution in [2.45, 2.75) is 12.3 Å². The van der Waals surface area contributed by atoms with Gasteiger partial charge in [0.15, 0.2) is 0 Å². The van der Waals surface area contributed by atoms with Gasteiger partial charge in [-0.3, -0.25) is 0 Å². The molecule has 0 saturated heterocycles. The molecule has 0 aliphatic heterocycles. The Bertz CT molecular complexity index is 480. The SMILES string of the molecule is NCC(Cc1ccc(Cl)s1)c1ccc(Br)cc1. The van der Waals surface area contributed by atoms with Crippen LogP contribution >= 0.6 is 38.9 Å². The second kappa shape index (κ2) is 6.01. The number of halogens is 2. The van der Waals surface area contributed by atoms with Crippen molar-refractivity contribution in [2.75, 3.05) is 6.54 Å². The van der Waals surface area contributed by atoms with E-state index in [1.165, 1.54) is 10.4 Å². The highest BCUT2D eigenvalue weighted by atomic mass is 79.9. The molecule has 1 atom stereocenters. The maximum Gasteiger partial charge on any atom is 0.0931 e. The zero-order valence-corrected chi connectivity index (χ0v) is 12.4. The van der Waals surface area contributed by atoms with Gasteiger partial charge in [-0.05, 0) is 42.8 Å². The Balaban J connectivity index is 2.13. The quantitative estimate of drug-likeness (QED) is 0.880. The summed E-state index contributed by atoms with van der Waals surface area (Å²) in [5.41, 5.74) is 7.14. The van der Waals surface area contributed by atoms with Crippen molar-refractivity contribution in [3.8, 4) is 0 Å². The van der Waals surface area contributed by atoms with Crippen molar-refractivity contribution in [1.29, 1.82) is 0 Å². The first kappa shape index (κ1) is 13.1. The van der Waals surface area contributed by atoms with Gasteiger partial charge in [0.2, 0.25) is 0 Å². The van der Waals surface area contributed by atoms with Crippen molar-refractivity contribution in [2.24, 2.45) is 5.73 Å². The van der Waals surface area contributed by atoms with Crippen LogP contribution in [0.25, 0.3) is 0 Å². The number of rotatable bonds is 4. The van der Waals surface area contributed by atoms with Gasteiger partial charge in [-0.2, -0.15) is 0 Å². The molecule has 1 unspecified atom stereocenters. The fourth-order valence-corrected chi connectivity index (χ4v) is 3.21. The van der Waals surface area contributed by atoms with Gasteiger partial charge in [-0.25, -0.2) is 0 Å². The molecule has 0 fully saturated rings. The van der Waals surface area contributed by atoms with Crippen LogP contribution in [0.1, 0.15) is 16.4 Å². The monoisotopic (exact) mass is 329 g/mol. The predicted octanol–water partition coefficient (Wildman–Crippen LogP) is 4.45. The Labute approximate surface area is 119 Å². The van der Waals surface area contributed by atoms with E-state index in [-0.39, 0.29) is 0 Å². The second-order valence-corrected chi connectivity index (χ2v) is 6.61. The summed E-state index contributed by atoms with van der Waals surface area (Å²) in [4.78, 5) is 1.29. The van der Waals surface area contributed by atoms with Crippen molar-refractivity contribution in [3.05, 3.63) is 55.6 Å². The topological polar surface area (TPSA) is 26.0 Å². The van der Waals surface area contributed by atoms with E-state index >= 15 is 0 Å². The van der Waals surface area contributed by atoms with Gasteiger partial charge >= 0.3 is 0 Å². The van der Waals surface area contributed by atoms with Crippen molar-refractivity contribution < 1.29 is 0 Å². The molecule has 1 nitrogen and oxygen atoms in total. The highest BCUT2D eigenvalue weighted by molar-refractivity contribution is 9.10. The zero-order valence-electron chi connectivity index (χ0n) is 9.20. The van der Waals surface area contributed by atoms with Crippen LogP contribution in [0, 0.1) is 0 Å². The fourth-order valence-electron chi connectivity index (χ4n) is 1.78. The number of thiophene rings is 1. The fraction of sp³-hybridized carbons (Fsp3) is 0.231. The normalized spacial score (nSPS) is 12.6. The van der Waals surface area contributed by atoms with E-state index in [1.807, 2.05) is 6.07 Å². The molecule has 0 aliphatic carbocycles. The van der Waals surface area contributed by atoms with Crippen LogP contribution in [0.15, 0.2) is 40.9 Å². The molecule has 2 rings (SSSR count). The first-order valence-electron chi connectivity index (χ1n) is 5.39. The van der Waals surface area contributed by atoms with Crippen LogP contribution in [0.4, 0.5) is 0 Å². The summed E-state index contributed by atoms with van der Waals surface area (Å²) >= 11 is 11.0. The van der Waals surface area contributed by atoms with Gasteiger partial charge in [0, 0.05) is 15.3 Å². The number of hydrogen-bond donors (Lipinski definition) is 1. The van der Waals surface area contributed by atoms with E-state index in [4.69, 9.17) is 17.3 Å². The standard InChI is InChI=1S/C13H13BrClNS/c14-11-3-1-9(2-4-11)10(8-16)7-12-5-6-13(15)17-12/h1-6,10H,7-8,16H2. The third-order valence-electron chi connectivity index (χ3n) is 2.70. The van der Waals surface area contributed by atoms with Gasteiger partial charge in [0.25, 0.3) is 0 Å². The smallest absolute Gasteiger partial charge is 0.0931 e. The zero-order chi connectivity index (χ0) is 12.3. The highest BCUT2D eigenvalue weighted by Gasteiger charge is 2.11. The molecule has 0 saturated carbocycles.